The molecular formula is C13H14B2K2O7. The Labute approximate surface area is 224 Å². The zero-order valence-electron chi connectivity index (χ0n) is 11.3. The van der Waals surface area contributed by atoms with Gasteiger partial charge in [0.1, 0.15) is 11.5 Å². The number of carbonyl (C=O) groups is 1. The molecule has 0 aromatic heterocycles. The zero-order valence-corrected chi connectivity index (χ0v) is 11.3. The second kappa shape index (κ2) is 12.1. The molecule has 0 atom stereocenters. The molecule has 116 valence electrons. The molecule has 0 aliphatic heterocycles. The van der Waals surface area contributed by atoms with Gasteiger partial charge in [-0.3, -0.25) is 0 Å². The van der Waals surface area contributed by atoms with Crippen LogP contribution in [0.15, 0.2) is 48.5 Å². The van der Waals surface area contributed by atoms with E-state index in [4.69, 9.17) is 0 Å². The van der Waals surface area contributed by atoms with Crippen molar-refractivity contribution in [3.8, 4) is 11.5 Å². The summed E-state index contributed by atoms with van der Waals surface area (Å²) in [7, 11) is -3.52. The minimum absolute atomic E-state index is 0. The van der Waals surface area contributed by atoms with E-state index in [1.165, 1.54) is 48.5 Å². The van der Waals surface area contributed by atoms with E-state index in [0.717, 1.165) is 0 Å². The van der Waals surface area contributed by atoms with Gasteiger partial charge in [0.05, 0.1) is 0 Å². The van der Waals surface area contributed by atoms with E-state index in [2.05, 4.69) is 9.31 Å². The van der Waals surface area contributed by atoms with Gasteiger partial charge in [-0.05, 0) is 12.1 Å². The molecule has 2 rings (SSSR count). The van der Waals surface area contributed by atoms with E-state index in [-0.39, 0.29) is 125 Å². The van der Waals surface area contributed by atoms with Crippen LogP contribution in [0, 0.1) is 0 Å². The molecule has 4 N–H and O–H groups in total. The Hall–Kier alpha value is 0.633. The van der Waals surface area contributed by atoms with Crippen LogP contribution in [0.25, 0.3) is 0 Å². The van der Waals surface area contributed by atoms with Crippen molar-refractivity contribution in [2.45, 2.75) is 0 Å². The summed E-state index contributed by atoms with van der Waals surface area (Å²) in [6.07, 6.45) is -1.37. The SMILES string of the molecule is O=C(OB(O)c1ccccc1O)OB(O)c1ccccc1O.[KH].[KH]. The van der Waals surface area contributed by atoms with Gasteiger partial charge in [-0.2, -0.15) is 0 Å². The summed E-state index contributed by atoms with van der Waals surface area (Å²) in [5, 5.41) is 38.4. The molecule has 0 aliphatic carbocycles. The van der Waals surface area contributed by atoms with Crippen molar-refractivity contribution in [3.05, 3.63) is 48.5 Å². The van der Waals surface area contributed by atoms with Crippen LogP contribution in [0.5, 0.6) is 11.5 Å². The molecular weight excluding hydrogens is 368 g/mol. The summed E-state index contributed by atoms with van der Waals surface area (Å²) in [6.45, 7) is 0. The van der Waals surface area contributed by atoms with Crippen LogP contribution in [0.2, 0.25) is 0 Å². The number of hydrogen-bond acceptors (Lipinski definition) is 7. The average molecular weight is 382 g/mol. The van der Waals surface area contributed by atoms with Crippen molar-refractivity contribution in [2.75, 3.05) is 0 Å². The molecule has 2 aromatic rings. The molecule has 0 spiro atoms. The molecule has 0 amide bonds. The first kappa shape index (κ1) is 24.6. The van der Waals surface area contributed by atoms with Crippen LogP contribution in [-0.4, -0.2) is 143 Å². The Morgan fingerprint density at radius 3 is 1.42 bits per heavy atom. The molecule has 0 unspecified atom stereocenters. The standard InChI is InChI=1S/C13H12B2O7.2K.2H/c16-11-7-3-1-5-9(11)14(19)21-13(18)22-15(20)10-6-2-4-8-12(10)17;;;;/h1-8,16-17,19-20H;;;;. The van der Waals surface area contributed by atoms with Gasteiger partial charge in [0.15, 0.2) is 0 Å². The van der Waals surface area contributed by atoms with Crippen LogP contribution >= 0.6 is 0 Å². The fourth-order valence-corrected chi connectivity index (χ4v) is 1.73. The molecule has 0 aliphatic rings. The zero-order chi connectivity index (χ0) is 16.1. The van der Waals surface area contributed by atoms with Crippen molar-refractivity contribution in [1.29, 1.82) is 0 Å². The maximum absolute atomic E-state index is 11.5. The Bertz CT molecular complexity index is 619. The van der Waals surface area contributed by atoms with Gasteiger partial charge in [-0.1, -0.05) is 36.4 Å². The summed E-state index contributed by atoms with van der Waals surface area (Å²) in [5.74, 6) is -0.520. The predicted molar refractivity (Wildman–Crippen MR) is 93.3 cm³/mol. The third kappa shape index (κ3) is 7.10. The van der Waals surface area contributed by atoms with E-state index in [1.54, 1.807) is 0 Å². The van der Waals surface area contributed by atoms with E-state index in [0.29, 0.717) is 0 Å². The van der Waals surface area contributed by atoms with Gasteiger partial charge >= 0.3 is 123 Å². The molecule has 0 fully saturated rings. The average Bonchev–Trinajstić information content (AvgIpc) is 2.47. The van der Waals surface area contributed by atoms with Gasteiger partial charge < -0.3 is 29.6 Å². The number of phenolic OH excluding ortho intramolecular Hbond substituents is 2. The topological polar surface area (TPSA) is 116 Å². The Kier molecular flexibility index (Phi) is 12.4. The minimum atomic E-state index is -1.76. The number of aromatic hydroxyl groups is 2. The Morgan fingerprint density at radius 1 is 0.750 bits per heavy atom. The molecule has 24 heavy (non-hydrogen) atoms. The Balaban J connectivity index is 0.00000264. The second-order valence-electron chi connectivity index (χ2n) is 4.31. The molecule has 2 aromatic carbocycles. The summed E-state index contributed by atoms with van der Waals surface area (Å²) in [6, 6.07) is 11.5. The maximum atomic E-state index is 11.5. The van der Waals surface area contributed by atoms with E-state index >= 15 is 0 Å². The first-order valence-electron chi connectivity index (χ1n) is 6.28. The fraction of sp³-hybridized carbons (Fsp3) is 0. The number of para-hydroxylation sites is 2. The van der Waals surface area contributed by atoms with Crippen molar-refractivity contribution in [1.82, 2.24) is 0 Å². The molecule has 7 nitrogen and oxygen atoms in total. The van der Waals surface area contributed by atoms with E-state index < -0.39 is 20.4 Å². The second-order valence-corrected chi connectivity index (χ2v) is 4.31. The summed E-state index contributed by atoms with van der Waals surface area (Å²) >= 11 is 0. The third-order valence-corrected chi connectivity index (χ3v) is 2.82. The first-order chi connectivity index (χ1) is 10.5. The van der Waals surface area contributed by atoms with Gasteiger partial charge in [0.25, 0.3) is 0 Å². The van der Waals surface area contributed by atoms with Crippen LogP contribution in [-0.2, 0) is 9.31 Å². The predicted octanol–water partition coefficient (Wildman–Crippen LogP) is -1.97. The van der Waals surface area contributed by atoms with Gasteiger partial charge in [-0.15, -0.1) is 0 Å². The summed E-state index contributed by atoms with van der Waals surface area (Å²) < 4.78 is 9.08. The van der Waals surface area contributed by atoms with Crippen molar-refractivity contribution in [2.24, 2.45) is 0 Å². The molecule has 0 radical (unpaired) electrons. The molecule has 0 heterocycles. The van der Waals surface area contributed by atoms with Crippen LogP contribution in [0.4, 0.5) is 4.79 Å². The fourth-order valence-electron chi connectivity index (χ4n) is 1.73. The quantitative estimate of drug-likeness (QED) is 0.454. The van der Waals surface area contributed by atoms with Crippen molar-refractivity contribution in [3.63, 3.8) is 0 Å². The number of carbonyl (C=O) groups excluding carboxylic acids is 1. The first-order valence-corrected chi connectivity index (χ1v) is 6.28. The van der Waals surface area contributed by atoms with E-state index in [9.17, 15) is 25.1 Å². The van der Waals surface area contributed by atoms with Crippen LogP contribution in [0.1, 0.15) is 0 Å². The number of hydrogen-bond donors (Lipinski definition) is 4. The monoisotopic (exact) mass is 382 g/mol. The number of rotatable bonds is 4. The van der Waals surface area contributed by atoms with Crippen LogP contribution in [0.3, 0.4) is 0 Å². The normalized spacial score (nSPS) is 9.08. The third-order valence-electron chi connectivity index (χ3n) is 2.82. The van der Waals surface area contributed by atoms with Gasteiger partial charge in [0, 0.05) is 10.9 Å². The molecule has 0 saturated heterocycles. The summed E-state index contributed by atoms with van der Waals surface area (Å²) in [4.78, 5) is 11.5. The van der Waals surface area contributed by atoms with Crippen molar-refractivity contribution < 1.29 is 34.4 Å². The van der Waals surface area contributed by atoms with Gasteiger partial charge in [0.2, 0.25) is 0 Å². The molecule has 11 heteroatoms. The number of phenols is 2. The van der Waals surface area contributed by atoms with Crippen LogP contribution < -0.4 is 10.9 Å². The molecule has 0 saturated carbocycles. The number of benzene rings is 2. The van der Waals surface area contributed by atoms with E-state index in [1.807, 2.05) is 0 Å². The van der Waals surface area contributed by atoms with Gasteiger partial charge in [-0.25, -0.2) is 4.79 Å². The summed E-state index contributed by atoms with van der Waals surface area (Å²) in [5.41, 5.74) is -0.0620. The van der Waals surface area contributed by atoms with Crippen molar-refractivity contribution >= 4 is 134 Å². The Morgan fingerprint density at radius 2 is 1.08 bits per heavy atom. The molecule has 0 bridgehead atoms.